The Bertz CT molecular complexity index is 525. The van der Waals surface area contributed by atoms with E-state index in [1.807, 2.05) is 4.90 Å². The summed E-state index contributed by atoms with van der Waals surface area (Å²) >= 11 is 0. The maximum Gasteiger partial charge on any atom is 0.258 e. The number of rotatable bonds is 7. The molecule has 2 amide bonds. The van der Waals surface area contributed by atoms with E-state index in [9.17, 15) is 9.59 Å². The summed E-state index contributed by atoms with van der Waals surface area (Å²) in [6.07, 6.45) is 1.61. The minimum atomic E-state index is -0.319. The minimum Gasteiger partial charge on any atom is -0.497 e. The van der Waals surface area contributed by atoms with Gasteiger partial charge in [-0.15, -0.1) is 0 Å². The molecule has 1 saturated heterocycles. The number of hydrogen-bond donors (Lipinski definition) is 2. The molecule has 2 rings (SSSR count). The number of methoxy groups -OCH3 is 1. The minimum absolute atomic E-state index is 0.0200. The molecule has 7 nitrogen and oxygen atoms in total. The van der Waals surface area contributed by atoms with Crippen LogP contribution in [0.15, 0.2) is 24.3 Å². The normalized spacial score (nSPS) is 15.9. The maximum atomic E-state index is 11.9. The predicted molar refractivity (Wildman–Crippen MR) is 85.3 cm³/mol. The van der Waals surface area contributed by atoms with Crippen molar-refractivity contribution in [1.29, 1.82) is 0 Å². The van der Waals surface area contributed by atoms with Gasteiger partial charge in [0, 0.05) is 19.1 Å². The van der Waals surface area contributed by atoms with E-state index >= 15 is 0 Å². The van der Waals surface area contributed by atoms with Crippen LogP contribution in [0.4, 0.5) is 0 Å². The fourth-order valence-corrected chi connectivity index (χ4v) is 2.55. The molecular weight excluding hydrogens is 298 g/mol. The third-order valence-corrected chi connectivity index (χ3v) is 3.76. The van der Waals surface area contributed by atoms with Crippen LogP contribution in [-0.4, -0.2) is 56.1 Å². The lowest BCUT2D eigenvalue weighted by molar-refractivity contribution is -0.124. The molecule has 0 saturated carbocycles. The van der Waals surface area contributed by atoms with Crippen LogP contribution < -0.4 is 20.5 Å². The molecule has 1 aliphatic rings. The standard InChI is InChI=1S/C16H23N3O4/c1-22-13-2-4-14(5-3-13)23-11-16(21)18-12-6-8-19(9-7-12)10-15(17)20/h2-5,12H,6-11H2,1H3,(H2,17,20)(H,18,21). The first kappa shape index (κ1) is 17.1. The van der Waals surface area contributed by atoms with Crippen LogP contribution in [0, 0.1) is 0 Å². The quantitative estimate of drug-likeness (QED) is 0.745. The van der Waals surface area contributed by atoms with Crippen molar-refractivity contribution < 1.29 is 19.1 Å². The Morgan fingerprint density at radius 2 is 1.83 bits per heavy atom. The van der Waals surface area contributed by atoms with Gasteiger partial charge in [-0.2, -0.15) is 0 Å². The van der Waals surface area contributed by atoms with Gasteiger partial charge in [0.15, 0.2) is 6.61 Å². The second-order valence-electron chi connectivity index (χ2n) is 5.55. The Kier molecular flexibility index (Phi) is 6.22. The first-order chi connectivity index (χ1) is 11.1. The highest BCUT2D eigenvalue weighted by Gasteiger charge is 2.21. The molecule has 0 aliphatic carbocycles. The van der Waals surface area contributed by atoms with E-state index in [1.165, 1.54) is 0 Å². The molecule has 23 heavy (non-hydrogen) atoms. The molecule has 1 aliphatic heterocycles. The van der Waals surface area contributed by atoms with E-state index in [0.29, 0.717) is 5.75 Å². The lowest BCUT2D eigenvalue weighted by atomic mass is 10.1. The van der Waals surface area contributed by atoms with Gasteiger partial charge in [-0.3, -0.25) is 14.5 Å². The van der Waals surface area contributed by atoms with Crippen molar-refractivity contribution in [2.24, 2.45) is 5.73 Å². The van der Waals surface area contributed by atoms with Gasteiger partial charge in [0.1, 0.15) is 11.5 Å². The Morgan fingerprint density at radius 3 is 2.39 bits per heavy atom. The van der Waals surface area contributed by atoms with E-state index in [4.69, 9.17) is 15.2 Å². The number of carbonyl (C=O) groups excluding carboxylic acids is 2. The van der Waals surface area contributed by atoms with Crippen LogP contribution in [0.25, 0.3) is 0 Å². The van der Waals surface area contributed by atoms with Crippen molar-refractivity contribution in [2.75, 3.05) is 33.4 Å². The van der Waals surface area contributed by atoms with Crippen molar-refractivity contribution in [2.45, 2.75) is 18.9 Å². The van der Waals surface area contributed by atoms with Gasteiger partial charge in [0.05, 0.1) is 13.7 Å². The number of hydrogen-bond acceptors (Lipinski definition) is 5. The third kappa shape index (κ3) is 5.78. The van der Waals surface area contributed by atoms with Crippen molar-refractivity contribution in [1.82, 2.24) is 10.2 Å². The number of primary amides is 1. The first-order valence-corrected chi connectivity index (χ1v) is 7.63. The van der Waals surface area contributed by atoms with Gasteiger partial charge in [-0.05, 0) is 37.1 Å². The van der Waals surface area contributed by atoms with E-state index < -0.39 is 0 Å². The zero-order valence-corrected chi connectivity index (χ0v) is 13.3. The molecule has 0 spiro atoms. The van der Waals surface area contributed by atoms with Gasteiger partial charge >= 0.3 is 0 Å². The number of amides is 2. The summed E-state index contributed by atoms with van der Waals surface area (Å²) < 4.78 is 10.5. The number of likely N-dealkylation sites (tertiary alicyclic amines) is 1. The fourth-order valence-electron chi connectivity index (χ4n) is 2.55. The van der Waals surface area contributed by atoms with Gasteiger partial charge in [-0.1, -0.05) is 0 Å². The number of ether oxygens (including phenoxy) is 2. The van der Waals surface area contributed by atoms with Crippen LogP contribution >= 0.6 is 0 Å². The van der Waals surface area contributed by atoms with Crippen molar-refractivity contribution in [3.05, 3.63) is 24.3 Å². The van der Waals surface area contributed by atoms with Crippen LogP contribution in [0.1, 0.15) is 12.8 Å². The third-order valence-electron chi connectivity index (χ3n) is 3.76. The van der Waals surface area contributed by atoms with Gasteiger partial charge in [-0.25, -0.2) is 0 Å². The highest BCUT2D eigenvalue weighted by molar-refractivity contribution is 5.78. The van der Waals surface area contributed by atoms with Crippen LogP contribution in [0.2, 0.25) is 0 Å². The topological polar surface area (TPSA) is 93.9 Å². The van der Waals surface area contributed by atoms with E-state index in [-0.39, 0.29) is 31.0 Å². The molecule has 0 unspecified atom stereocenters. The number of carbonyl (C=O) groups is 2. The van der Waals surface area contributed by atoms with E-state index in [2.05, 4.69) is 5.32 Å². The molecule has 1 heterocycles. The lowest BCUT2D eigenvalue weighted by Gasteiger charge is -2.31. The number of nitrogens with two attached hydrogens (primary N) is 1. The Balaban J connectivity index is 1.68. The first-order valence-electron chi connectivity index (χ1n) is 7.63. The van der Waals surface area contributed by atoms with E-state index in [0.717, 1.165) is 31.7 Å². The highest BCUT2D eigenvalue weighted by atomic mass is 16.5. The summed E-state index contributed by atoms with van der Waals surface area (Å²) in [4.78, 5) is 24.8. The summed E-state index contributed by atoms with van der Waals surface area (Å²) in [5.74, 6) is 0.899. The lowest BCUT2D eigenvalue weighted by Crippen LogP contribution is -2.47. The largest absolute Gasteiger partial charge is 0.497 e. The zero-order valence-electron chi connectivity index (χ0n) is 13.3. The number of benzene rings is 1. The van der Waals surface area contributed by atoms with Gasteiger partial charge in [0.25, 0.3) is 5.91 Å². The van der Waals surface area contributed by atoms with Gasteiger partial charge in [0.2, 0.25) is 5.91 Å². The molecule has 0 aromatic heterocycles. The number of nitrogens with zero attached hydrogens (tertiary/aromatic N) is 1. The summed E-state index contributed by atoms with van der Waals surface area (Å²) in [6, 6.07) is 7.19. The molecule has 0 bridgehead atoms. The zero-order chi connectivity index (χ0) is 16.7. The molecule has 126 valence electrons. The van der Waals surface area contributed by atoms with E-state index in [1.54, 1.807) is 31.4 Å². The van der Waals surface area contributed by atoms with Crippen molar-refractivity contribution >= 4 is 11.8 Å². The second kappa shape index (κ2) is 8.38. The molecule has 1 aromatic rings. The average Bonchev–Trinajstić information content (AvgIpc) is 2.55. The van der Waals surface area contributed by atoms with Crippen LogP contribution in [0.3, 0.4) is 0 Å². The fraction of sp³-hybridized carbons (Fsp3) is 0.500. The smallest absolute Gasteiger partial charge is 0.258 e. The summed E-state index contributed by atoms with van der Waals surface area (Å²) in [7, 11) is 1.60. The second-order valence-corrected chi connectivity index (χ2v) is 5.55. The summed E-state index contributed by atoms with van der Waals surface area (Å²) in [6.45, 7) is 1.77. The van der Waals surface area contributed by atoms with Crippen molar-refractivity contribution in [3.63, 3.8) is 0 Å². The molecule has 0 atom stereocenters. The number of nitrogens with one attached hydrogen (secondary N) is 1. The predicted octanol–water partition coefficient (Wildman–Crippen LogP) is 0.140. The molecule has 7 heteroatoms. The van der Waals surface area contributed by atoms with Gasteiger partial charge < -0.3 is 20.5 Å². The Hall–Kier alpha value is -2.28. The Labute approximate surface area is 135 Å². The molecule has 0 radical (unpaired) electrons. The summed E-state index contributed by atoms with van der Waals surface area (Å²) in [5, 5.41) is 2.95. The molecule has 1 fully saturated rings. The highest BCUT2D eigenvalue weighted by Crippen LogP contribution is 2.17. The molecular formula is C16H23N3O4. The van der Waals surface area contributed by atoms with Crippen LogP contribution in [0.5, 0.6) is 11.5 Å². The SMILES string of the molecule is COc1ccc(OCC(=O)NC2CCN(CC(N)=O)CC2)cc1. The maximum absolute atomic E-state index is 11.9. The van der Waals surface area contributed by atoms with Crippen LogP contribution in [-0.2, 0) is 9.59 Å². The monoisotopic (exact) mass is 321 g/mol. The average molecular weight is 321 g/mol. The summed E-state index contributed by atoms with van der Waals surface area (Å²) in [5.41, 5.74) is 5.18. The van der Waals surface area contributed by atoms with Crippen molar-refractivity contribution in [3.8, 4) is 11.5 Å². The molecule has 1 aromatic carbocycles. The number of piperidine rings is 1. The molecule has 3 N–H and O–H groups in total. The Morgan fingerprint density at radius 1 is 1.22 bits per heavy atom.